The maximum absolute atomic E-state index is 15.4. The zero-order valence-corrected chi connectivity index (χ0v) is 23.4. The number of nitrogens with one attached hydrogen (secondary N) is 1. The monoisotopic (exact) mass is 563 g/mol. The third-order valence-electron chi connectivity index (χ3n) is 8.53. The van der Waals surface area contributed by atoms with Crippen molar-refractivity contribution in [2.75, 3.05) is 5.32 Å². The van der Waals surface area contributed by atoms with Crippen LogP contribution in [0, 0.1) is 12.7 Å². The number of anilines is 2. The summed E-state index contributed by atoms with van der Waals surface area (Å²) in [6.45, 7) is 5.54. The maximum atomic E-state index is 15.4. The number of carbonyl (C=O) groups is 1. The number of benzene rings is 2. The number of imidazole rings is 1. The van der Waals surface area contributed by atoms with Gasteiger partial charge in [-0.1, -0.05) is 6.58 Å². The molecule has 2 fully saturated rings. The van der Waals surface area contributed by atoms with E-state index in [1.807, 2.05) is 53.8 Å². The van der Waals surface area contributed by atoms with E-state index in [1.165, 1.54) is 18.5 Å². The molecule has 7 rings (SSSR count). The molecule has 212 valence electrons. The van der Waals surface area contributed by atoms with E-state index in [0.717, 1.165) is 48.0 Å². The van der Waals surface area contributed by atoms with Gasteiger partial charge in [0.1, 0.15) is 29.2 Å². The first-order valence-electron chi connectivity index (χ1n) is 14.1. The number of hydrogen-bond acceptors (Lipinski definition) is 7. The van der Waals surface area contributed by atoms with Crippen LogP contribution >= 0.6 is 0 Å². The molecule has 2 aliphatic rings. The van der Waals surface area contributed by atoms with Crippen LogP contribution in [0.2, 0.25) is 0 Å². The molecule has 0 aliphatic carbocycles. The first-order valence-corrected chi connectivity index (χ1v) is 14.1. The first-order chi connectivity index (χ1) is 20.4. The molecule has 9 nitrogen and oxygen atoms in total. The lowest BCUT2D eigenvalue weighted by Gasteiger charge is -2.38. The number of amides is 1. The van der Waals surface area contributed by atoms with Crippen LogP contribution in [0.1, 0.15) is 42.9 Å². The Labute approximate surface area is 242 Å². The molecule has 10 heteroatoms. The molecule has 2 bridgehead atoms. The number of rotatable bonds is 6. The van der Waals surface area contributed by atoms with Crippen LogP contribution in [-0.2, 0) is 11.8 Å². The molecule has 2 saturated heterocycles. The summed E-state index contributed by atoms with van der Waals surface area (Å²) < 4.78 is 23.4. The smallest absolute Gasteiger partial charge is 0.246 e. The Balaban J connectivity index is 1.14. The van der Waals surface area contributed by atoms with Crippen molar-refractivity contribution >= 4 is 39.5 Å². The van der Waals surface area contributed by atoms with E-state index in [9.17, 15) is 4.79 Å². The second-order valence-corrected chi connectivity index (χ2v) is 11.2. The number of hydrogen-bond donors (Lipinski definition) is 1. The van der Waals surface area contributed by atoms with E-state index >= 15 is 4.39 Å². The summed E-state index contributed by atoms with van der Waals surface area (Å²) in [7, 11) is 1.93. The van der Waals surface area contributed by atoms with Gasteiger partial charge in [0, 0.05) is 42.9 Å². The number of aromatic nitrogens is 5. The van der Waals surface area contributed by atoms with Gasteiger partial charge in [-0.05, 0) is 74.6 Å². The summed E-state index contributed by atoms with van der Waals surface area (Å²) in [6, 6.07) is 13.0. The van der Waals surface area contributed by atoms with Gasteiger partial charge in [-0.2, -0.15) is 0 Å². The predicted octanol–water partition coefficient (Wildman–Crippen LogP) is 6.32. The van der Waals surface area contributed by atoms with Crippen LogP contribution in [-0.4, -0.2) is 47.4 Å². The van der Waals surface area contributed by atoms with Gasteiger partial charge in [-0.15, -0.1) is 0 Å². The molecule has 3 aromatic heterocycles. The first kappa shape index (κ1) is 26.1. The highest BCUT2D eigenvalue weighted by atomic mass is 19.1. The van der Waals surface area contributed by atoms with Crippen molar-refractivity contribution in [3.8, 4) is 11.5 Å². The van der Waals surface area contributed by atoms with Crippen LogP contribution < -0.4 is 10.1 Å². The van der Waals surface area contributed by atoms with E-state index in [0.29, 0.717) is 28.4 Å². The summed E-state index contributed by atoms with van der Waals surface area (Å²) in [4.78, 5) is 32.5. The summed E-state index contributed by atoms with van der Waals surface area (Å²) in [5.74, 6) is 1.17. The molecule has 42 heavy (non-hydrogen) atoms. The quantitative estimate of drug-likeness (QED) is 0.242. The number of pyridine rings is 1. The van der Waals surface area contributed by atoms with Crippen LogP contribution in [0.15, 0.2) is 67.8 Å². The molecule has 2 aliphatic heterocycles. The highest BCUT2D eigenvalue weighted by Gasteiger charge is 2.43. The molecule has 0 saturated carbocycles. The third kappa shape index (κ3) is 4.52. The number of ether oxygens (including phenoxy) is 1. The van der Waals surface area contributed by atoms with Gasteiger partial charge in [-0.25, -0.2) is 24.3 Å². The van der Waals surface area contributed by atoms with Gasteiger partial charge in [0.25, 0.3) is 0 Å². The zero-order valence-electron chi connectivity index (χ0n) is 23.4. The Bertz CT molecular complexity index is 1860. The van der Waals surface area contributed by atoms with Crippen molar-refractivity contribution in [2.45, 2.75) is 50.6 Å². The molecule has 0 spiro atoms. The Kier molecular flexibility index (Phi) is 6.33. The van der Waals surface area contributed by atoms with Crippen molar-refractivity contribution in [1.82, 2.24) is 29.4 Å². The molecule has 1 N–H and O–H groups in total. The maximum Gasteiger partial charge on any atom is 0.246 e. The van der Waals surface area contributed by atoms with Gasteiger partial charge in [-0.3, -0.25) is 4.79 Å². The summed E-state index contributed by atoms with van der Waals surface area (Å²) >= 11 is 0. The number of piperidine rings is 1. The number of fused-ring (bicyclic) bond motifs is 4. The lowest BCUT2D eigenvalue weighted by Crippen LogP contribution is -2.45. The highest BCUT2D eigenvalue weighted by Crippen LogP contribution is 2.43. The highest BCUT2D eigenvalue weighted by molar-refractivity contribution is 5.88. The second-order valence-electron chi connectivity index (χ2n) is 11.2. The molecule has 1 unspecified atom stereocenters. The van der Waals surface area contributed by atoms with Crippen molar-refractivity contribution < 1.29 is 13.9 Å². The molecule has 5 aromatic rings. The fourth-order valence-electron chi connectivity index (χ4n) is 6.46. The zero-order chi connectivity index (χ0) is 29.0. The second kappa shape index (κ2) is 10.2. The molecular formula is C32H30FN7O2. The number of nitrogens with zero attached hydrogens (tertiary/aromatic N) is 6. The van der Waals surface area contributed by atoms with Crippen molar-refractivity contribution in [2.24, 2.45) is 7.05 Å². The van der Waals surface area contributed by atoms with Crippen molar-refractivity contribution in [3.63, 3.8) is 0 Å². The number of aryl methyl sites for hydroxylation is 2. The van der Waals surface area contributed by atoms with Crippen molar-refractivity contribution in [1.29, 1.82) is 0 Å². The summed E-state index contributed by atoms with van der Waals surface area (Å²) in [5, 5.41) is 3.14. The Morgan fingerprint density at radius 1 is 1.07 bits per heavy atom. The standard InChI is InChI=1S/C32H30FN7O2/c1-4-30(41)40-20-5-6-21(40)13-19(12-20)24-8-9-25-31(37-24)32(35-16-34-25)38-26-11-18(2)29(15-23(26)33)42-22-7-10-28-27(14-22)36-17-39(28)3/h4,7-11,14-17,19-21H,1,5-6,12-13H2,2-3H3,(H,34,35,38)/t19?,20-,21+. The Hall–Kier alpha value is -4.86. The topological polar surface area (TPSA) is 98.1 Å². The summed E-state index contributed by atoms with van der Waals surface area (Å²) in [6.07, 6.45) is 8.31. The van der Waals surface area contributed by atoms with E-state index < -0.39 is 5.82 Å². The molecule has 5 heterocycles. The van der Waals surface area contributed by atoms with E-state index in [1.54, 1.807) is 12.4 Å². The molecule has 1 amide bonds. The SMILES string of the molecule is C=CC(=O)N1[C@@H]2CC[C@H]1CC(c1ccc3ncnc(Nc4cc(C)c(Oc5ccc6c(c5)ncn6C)cc4F)c3n1)C2. The average Bonchev–Trinajstić information content (AvgIpc) is 3.49. The minimum atomic E-state index is -0.478. The minimum absolute atomic E-state index is 0.00955. The fraction of sp³-hybridized carbons (Fsp3) is 0.281. The fourth-order valence-corrected chi connectivity index (χ4v) is 6.46. The minimum Gasteiger partial charge on any atom is -0.457 e. The van der Waals surface area contributed by atoms with Gasteiger partial charge in [0.2, 0.25) is 5.91 Å². The lowest BCUT2D eigenvalue weighted by atomic mass is 9.87. The summed E-state index contributed by atoms with van der Waals surface area (Å²) in [5.41, 5.74) is 4.99. The van der Waals surface area contributed by atoms with Gasteiger partial charge in [0.15, 0.2) is 5.82 Å². The third-order valence-corrected chi connectivity index (χ3v) is 8.53. The number of carbonyl (C=O) groups excluding carboxylic acids is 1. The van der Waals surface area contributed by atoms with Crippen LogP contribution in [0.3, 0.4) is 0 Å². The Morgan fingerprint density at radius 3 is 2.67 bits per heavy atom. The van der Waals surface area contributed by atoms with E-state index in [2.05, 4.69) is 26.8 Å². The average molecular weight is 564 g/mol. The lowest BCUT2D eigenvalue weighted by molar-refractivity contribution is -0.130. The number of halogens is 1. The van der Waals surface area contributed by atoms with Crippen LogP contribution in [0.25, 0.3) is 22.1 Å². The van der Waals surface area contributed by atoms with Crippen molar-refractivity contribution in [3.05, 3.63) is 84.8 Å². The molecule has 3 atom stereocenters. The van der Waals surface area contributed by atoms with Gasteiger partial charge >= 0.3 is 0 Å². The predicted molar refractivity (Wildman–Crippen MR) is 158 cm³/mol. The van der Waals surface area contributed by atoms with Crippen LogP contribution in [0.4, 0.5) is 15.9 Å². The molecule has 2 aromatic carbocycles. The van der Waals surface area contributed by atoms with Crippen LogP contribution in [0.5, 0.6) is 11.5 Å². The van der Waals surface area contributed by atoms with Gasteiger partial charge in [0.05, 0.1) is 28.6 Å². The normalized spacial score (nSPS) is 19.8. The molecular weight excluding hydrogens is 533 g/mol. The van der Waals surface area contributed by atoms with E-state index in [-0.39, 0.29) is 29.6 Å². The largest absolute Gasteiger partial charge is 0.457 e. The van der Waals surface area contributed by atoms with Gasteiger partial charge < -0.3 is 19.5 Å². The van der Waals surface area contributed by atoms with E-state index in [4.69, 9.17) is 9.72 Å². The Morgan fingerprint density at radius 2 is 1.88 bits per heavy atom. The molecule has 0 radical (unpaired) electrons.